The second-order valence-electron chi connectivity index (χ2n) is 3.53. The van der Waals surface area contributed by atoms with E-state index in [9.17, 15) is 19.2 Å². The number of carboxylic acids is 1. The van der Waals surface area contributed by atoms with E-state index in [1.807, 2.05) is 0 Å². The minimum absolute atomic E-state index is 0.0202. The number of aromatic nitrogens is 2. The minimum Gasteiger partial charge on any atom is -0.480 e. The van der Waals surface area contributed by atoms with Crippen LogP contribution in [0.25, 0.3) is 0 Å². The summed E-state index contributed by atoms with van der Waals surface area (Å²) in [7, 11) is 1.39. The number of hydrogen-bond acceptors (Lipinski definition) is 5. The summed E-state index contributed by atoms with van der Waals surface area (Å²) in [6, 6.07) is 2.40. The van der Waals surface area contributed by atoms with Crippen LogP contribution in [0.1, 0.15) is 10.5 Å². The van der Waals surface area contributed by atoms with Crippen LogP contribution in [-0.4, -0.2) is 45.8 Å². The predicted molar refractivity (Wildman–Crippen MR) is 62.5 cm³/mol. The molecule has 2 amide bonds. The molecule has 0 aliphatic carbocycles. The van der Waals surface area contributed by atoms with E-state index in [2.05, 4.69) is 15.7 Å². The van der Waals surface area contributed by atoms with Crippen molar-refractivity contribution in [1.29, 1.82) is 0 Å². The van der Waals surface area contributed by atoms with Gasteiger partial charge in [0.15, 0.2) is 0 Å². The van der Waals surface area contributed by atoms with Crippen molar-refractivity contribution in [3.63, 3.8) is 0 Å². The molecule has 102 valence electrons. The number of carbonyl (C=O) groups is 3. The van der Waals surface area contributed by atoms with E-state index < -0.39 is 24.3 Å². The van der Waals surface area contributed by atoms with Crippen LogP contribution >= 0.6 is 0 Å². The zero-order chi connectivity index (χ0) is 14.4. The van der Waals surface area contributed by atoms with E-state index >= 15 is 0 Å². The van der Waals surface area contributed by atoms with Gasteiger partial charge in [-0.2, -0.15) is 5.10 Å². The molecule has 1 heterocycles. The molecule has 0 aliphatic heterocycles. The number of nitrogens with zero attached hydrogens (tertiary/aromatic N) is 2. The van der Waals surface area contributed by atoms with Crippen molar-refractivity contribution in [1.82, 2.24) is 20.4 Å². The number of nitrogens with one attached hydrogen (secondary N) is 2. The molecule has 19 heavy (non-hydrogen) atoms. The number of amides is 2. The number of aryl methyl sites for hydroxylation is 1. The third kappa shape index (κ3) is 4.58. The third-order valence-electron chi connectivity index (χ3n) is 2.04. The summed E-state index contributed by atoms with van der Waals surface area (Å²) in [5.74, 6) is -2.46. The van der Waals surface area contributed by atoms with Gasteiger partial charge in [-0.25, -0.2) is 4.68 Å². The lowest BCUT2D eigenvalue weighted by Crippen LogP contribution is -2.39. The van der Waals surface area contributed by atoms with E-state index in [0.717, 1.165) is 4.68 Å². The van der Waals surface area contributed by atoms with E-state index in [4.69, 9.17) is 5.11 Å². The Bertz CT molecular complexity index is 565. The molecule has 3 N–H and O–H groups in total. The lowest BCUT2D eigenvalue weighted by atomic mass is 10.3. The summed E-state index contributed by atoms with van der Waals surface area (Å²) in [4.78, 5) is 44.0. The molecule has 9 heteroatoms. The number of carbonyl (C=O) groups excluding carboxylic acids is 2. The molecule has 0 unspecified atom stereocenters. The summed E-state index contributed by atoms with van der Waals surface area (Å²) in [5, 5.41) is 16.3. The lowest BCUT2D eigenvalue weighted by Gasteiger charge is -2.05. The number of carboxylic acid groups (broad SMARTS) is 1. The predicted octanol–water partition coefficient (Wildman–Crippen LogP) is -2.29. The summed E-state index contributed by atoms with van der Waals surface area (Å²) in [6.45, 7) is -0.899. The Morgan fingerprint density at radius 2 is 1.95 bits per heavy atom. The van der Waals surface area contributed by atoms with Gasteiger partial charge in [0.05, 0.1) is 6.54 Å². The zero-order valence-corrected chi connectivity index (χ0v) is 10.0. The molecule has 0 aliphatic rings. The molecule has 0 bridgehead atoms. The Balaban J connectivity index is 2.51. The van der Waals surface area contributed by atoms with Crippen LogP contribution in [0.2, 0.25) is 0 Å². The average molecular weight is 268 g/mol. The summed E-state index contributed by atoms with van der Waals surface area (Å²) < 4.78 is 0.986. The molecule has 0 saturated carbocycles. The van der Waals surface area contributed by atoms with Gasteiger partial charge in [0.25, 0.3) is 11.5 Å². The van der Waals surface area contributed by atoms with Crippen molar-refractivity contribution in [3.8, 4) is 0 Å². The highest BCUT2D eigenvalue weighted by Crippen LogP contribution is 1.89. The lowest BCUT2D eigenvalue weighted by molar-refractivity contribution is -0.137. The highest BCUT2D eigenvalue weighted by atomic mass is 16.4. The molecule has 9 nitrogen and oxygen atoms in total. The van der Waals surface area contributed by atoms with Gasteiger partial charge in [-0.15, -0.1) is 0 Å². The maximum Gasteiger partial charge on any atom is 0.322 e. The van der Waals surface area contributed by atoms with Crippen LogP contribution in [0.15, 0.2) is 16.9 Å². The highest BCUT2D eigenvalue weighted by Gasteiger charge is 2.10. The van der Waals surface area contributed by atoms with Gasteiger partial charge in [0.2, 0.25) is 5.91 Å². The monoisotopic (exact) mass is 268 g/mol. The van der Waals surface area contributed by atoms with Crippen LogP contribution < -0.4 is 16.2 Å². The van der Waals surface area contributed by atoms with Gasteiger partial charge in [0.1, 0.15) is 12.2 Å². The first-order valence-electron chi connectivity index (χ1n) is 5.21. The first kappa shape index (κ1) is 14.4. The topological polar surface area (TPSA) is 130 Å². The van der Waals surface area contributed by atoms with Crippen molar-refractivity contribution >= 4 is 17.8 Å². The summed E-state index contributed by atoms with van der Waals surface area (Å²) in [5.41, 5.74) is -0.385. The summed E-state index contributed by atoms with van der Waals surface area (Å²) >= 11 is 0. The molecule has 1 aromatic heterocycles. The Kier molecular flexibility index (Phi) is 4.75. The van der Waals surface area contributed by atoms with Gasteiger partial charge < -0.3 is 15.7 Å². The molecule has 0 spiro atoms. The minimum atomic E-state index is -1.18. The molecule has 1 aromatic rings. The Labute approximate surface area is 107 Å². The maximum absolute atomic E-state index is 11.6. The molecule has 0 atom stereocenters. The first-order chi connectivity index (χ1) is 8.90. The summed E-state index contributed by atoms with van der Waals surface area (Å²) in [6.07, 6.45) is 0. The maximum atomic E-state index is 11.6. The van der Waals surface area contributed by atoms with Crippen LogP contribution in [0.4, 0.5) is 0 Å². The second-order valence-corrected chi connectivity index (χ2v) is 3.53. The average Bonchev–Trinajstić information content (AvgIpc) is 2.36. The van der Waals surface area contributed by atoms with Gasteiger partial charge in [-0.3, -0.25) is 19.2 Å². The number of rotatable bonds is 5. The quantitative estimate of drug-likeness (QED) is 0.551. The second kappa shape index (κ2) is 6.28. The fraction of sp³-hybridized carbons (Fsp3) is 0.300. The van der Waals surface area contributed by atoms with Crippen LogP contribution in [0, 0.1) is 0 Å². The number of hydrogen-bond donors (Lipinski definition) is 3. The van der Waals surface area contributed by atoms with Crippen molar-refractivity contribution in [3.05, 3.63) is 28.2 Å². The normalized spacial score (nSPS) is 9.74. The molecular formula is C10H12N4O5. The fourth-order valence-electron chi connectivity index (χ4n) is 1.11. The largest absolute Gasteiger partial charge is 0.480 e. The van der Waals surface area contributed by atoms with Crippen LogP contribution in [-0.2, 0) is 16.6 Å². The molecule has 0 saturated heterocycles. The van der Waals surface area contributed by atoms with Gasteiger partial charge in [-0.1, -0.05) is 0 Å². The first-order valence-corrected chi connectivity index (χ1v) is 5.21. The van der Waals surface area contributed by atoms with Gasteiger partial charge in [0, 0.05) is 13.1 Å². The van der Waals surface area contributed by atoms with Crippen molar-refractivity contribution in [2.24, 2.45) is 7.05 Å². The Hall–Kier alpha value is -2.71. The number of aliphatic carboxylic acids is 1. The van der Waals surface area contributed by atoms with E-state index in [0.29, 0.717) is 0 Å². The Morgan fingerprint density at radius 1 is 1.26 bits per heavy atom. The fourth-order valence-corrected chi connectivity index (χ4v) is 1.11. The molecular weight excluding hydrogens is 256 g/mol. The Morgan fingerprint density at radius 3 is 2.53 bits per heavy atom. The zero-order valence-electron chi connectivity index (χ0n) is 10.0. The molecule has 0 radical (unpaired) electrons. The van der Waals surface area contributed by atoms with Crippen molar-refractivity contribution in [2.45, 2.75) is 0 Å². The molecule has 0 aromatic carbocycles. The van der Waals surface area contributed by atoms with E-state index in [1.54, 1.807) is 0 Å². The van der Waals surface area contributed by atoms with E-state index in [1.165, 1.54) is 19.2 Å². The molecule has 0 fully saturated rings. The van der Waals surface area contributed by atoms with Crippen LogP contribution in [0.5, 0.6) is 0 Å². The van der Waals surface area contributed by atoms with Crippen LogP contribution in [0.3, 0.4) is 0 Å². The highest BCUT2D eigenvalue weighted by molar-refractivity contribution is 5.95. The SMILES string of the molecule is Cn1nc(C(=O)NCC(=O)NCC(=O)O)ccc1=O. The van der Waals surface area contributed by atoms with Gasteiger partial charge >= 0.3 is 5.97 Å². The molecule has 1 rings (SSSR count). The third-order valence-corrected chi connectivity index (χ3v) is 2.04. The van der Waals surface area contributed by atoms with Crippen molar-refractivity contribution < 1.29 is 19.5 Å². The van der Waals surface area contributed by atoms with E-state index in [-0.39, 0.29) is 17.8 Å². The smallest absolute Gasteiger partial charge is 0.322 e. The van der Waals surface area contributed by atoms with Gasteiger partial charge in [-0.05, 0) is 6.07 Å². The standard InChI is InChI=1S/C10H12N4O5/c1-14-8(16)3-2-6(13-14)10(19)12-4-7(15)11-5-9(17)18/h2-3H,4-5H2,1H3,(H,11,15)(H,12,19)(H,17,18). The van der Waals surface area contributed by atoms with Crippen molar-refractivity contribution in [2.75, 3.05) is 13.1 Å².